The molecule has 0 heterocycles. The number of nitrogens with one attached hydrogen (secondary N) is 2. The van der Waals surface area contributed by atoms with Crippen LogP contribution in [0.25, 0.3) is 0 Å². The van der Waals surface area contributed by atoms with Gasteiger partial charge in [-0.1, -0.05) is 6.07 Å². The molecule has 4 heteroatoms. The molecule has 2 N–H and O–H groups in total. The quantitative estimate of drug-likeness (QED) is 0.802. The molecule has 0 aromatic heterocycles. The van der Waals surface area contributed by atoms with E-state index in [0.717, 1.165) is 31.5 Å². The highest BCUT2D eigenvalue weighted by atomic mass is 35.5. The fourth-order valence-corrected chi connectivity index (χ4v) is 2.28. The second-order valence-corrected chi connectivity index (χ2v) is 4.55. The van der Waals surface area contributed by atoms with Crippen LogP contribution in [0.2, 0.25) is 0 Å². The average molecular weight is 269 g/mol. The van der Waals surface area contributed by atoms with Crippen LogP contribution in [-0.4, -0.2) is 26.0 Å². The van der Waals surface area contributed by atoms with Crippen LogP contribution in [0.5, 0.6) is 0 Å². The third-order valence-electron chi connectivity index (χ3n) is 3.25. The second kappa shape index (κ2) is 7.39. The lowest BCUT2D eigenvalue weighted by atomic mass is 10.1. The van der Waals surface area contributed by atoms with E-state index in [1.165, 1.54) is 24.0 Å². The first-order valence-corrected chi connectivity index (χ1v) is 6.36. The van der Waals surface area contributed by atoms with E-state index in [9.17, 15) is 4.79 Å². The zero-order chi connectivity index (χ0) is 12.1. The molecule has 0 saturated carbocycles. The predicted octanol–water partition coefficient (Wildman–Crippen LogP) is 1.94. The molecule has 1 aromatic carbocycles. The minimum atomic E-state index is 0. The molecule has 0 fully saturated rings. The number of carbonyl (C=O) groups excluding carboxylic acids is 1. The van der Waals surface area contributed by atoms with Gasteiger partial charge in [0.2, 0.25) is 0 Å². The van der Waals surface area contributed by atoms with Gasteiger partial charge < -0.3 is 10.6 Å². The van der Waals surface area contributed by atoms with E-state index in [1.54, 1.807) is 0 Å². The van der Waals surface area contributed by atoms with Crippen LogP contribution in [0.15, 0.2) is 18.2 Å². The molecule has 0 unspecified atom stereocenters. The molecule has 2 rings (SSSR count). The standard InChI is InChI=1S/C14H20N2O.ClH/c1-15-8-3-9-16-14(17)13-7-6-11-4-2-5-12(11)10-13;/h6-7,10,15H,2-5,8-9H2,1H3,(H,16,17);1H. The van der Waals surface area contributed by atoms with E-state index in [-0.39, 0.29) is 18.3 Å². The molecule has 1 aliphatic carbocycles. The number of hydrogen-bond donors (Lipinski definition) is 2. The summed E-state index contributed by atoms with van der Waals surface area (Å²) in [5.74, 6) is 0.0517. The average Bonchev–Trinajstić information content (AvgIpc) is 2.81. The monoisotopic (exact) mass is 268 g/mol. The Hall–Kier alpha value is -1.06. The van der Waals surface area contributed by atoms with Gasteiger partial charge in [-0.05, 0) is 62.5 Å². The molecule has 0 bridgehead atoms. The number of benzene rings is 1. The summed E-state index contributed by atoms with van der Waals surface area (Å²) in [7, 11) is 1.92. The second-order valence-electron chi connectivity index (χ2n) is 4.55. The van der Waals surface area contributed by atoms with Crippen molar-refractivity contribution < 1.29 is 4.79 Å². The molecule has 3 nitrogen and oxygen atoms in total. The fraction of sp³-hybridized carbons (Fsp3) is 0.500. The highest BCUT2D eigenvalue weighted by Gasteiger charge is 2.13. The van der Waals surface area contributed by atoms with Crippen molar-refractivity contribution in [2.24, 2.45) is 0 Å². The molecular formula is C14H21ClN2O. The number of hydrogen-bond acceptors (Lipinski definition) is 2. The lowest BCUT2D eigenvalue weighted by Gasteiger charge is -2.06. The van der Waals surface area contributed by atoms with Gasteiger partial charge >= 0.3 is 0 Å². The first kappa shape index (κ1) is 15.0. The normalized spacial score (nSPS) is 12.7. The predicted molar refractivity (Wildman–Crippen MR) is 76.6 cm³/mol. The molecular weight excluding hydrogens is 248 g/mol. The van der Waals surface area contributed by atoms with Crippen LogP contribution in [0.4, 0.5) is 0 Å². The molecule has 0 aliphatic heterocycles. The lowest BCUT2D eigenvalue weighted by Crippen LogP contribution is -2.26. The molecule has 1 aliphatic rings. The number of halogens is 1. The Kier molecular flexibility index (Phi) is 6.16. The summed E-state index contributed by atoms with van der Waals surface area (Å²) in [5, 5.41) is 6.01. The maximum absolute atomic E-state index is 11.9. The van der Waals surface area contributed by atoms with Crippen LogP contribution in [0.1, 0.15) is 34.3 Å². The number of amides is 1. The molecule has 0 atom stereocenters. The smallest absolute Gasteiger partial charge is 0.251 e. The lowest BCUT2D eigenvalue weighted by molar-refractivity contribution is 0.0953. The minimum absolute atomic E-state index is 0. The Morgan fingerprint density at radius 1 is 1.22 bits per heavy atom. The maximum atomic E-state index is 11.9. The third kappa shape index (κ3) is 3.72. The van der Waals surface area contributed by atoms with Gasteiger partial charge in [0.15, 0.2) is 0 Å². The van der Waals surface area contributed by atoms with Crippen molar-refractivity contribution in [3.8, 4) is 0 Å². The molecule has 1 aromatic rings. The van der Waals surface area contributed by atoms with E-state index >= 15 is 0 Å². The van der Waals surface area contributed by atoms with Crippen molar-refractivity contribution in [2.75, 3.05) is 20.1 Å². The van der Waals surface area contributed by atoms with E-state index in [2.05, 4.69) is 22.8 Å². The summed E-state index contributed by atoms with van der Waals surface area (Å²) < 4.78 is 0. The van der Waals surface area contributed by atoms with Gasteiger partial charge in [0.1, 0.15) is 0 Å². The van der Waals surface area contributed by atoms with Crippen LogP contribution < -0.4 is 10.6 Å². The first-order chi connectivity index (χ1) is 8.31. The SMILES string of the molecule is CNCCCNC(=O)c1ccc2c(c1)CCC2.Cl. The van der Waals surface area contributed by atoms with Gasteiger partial charge in [0.05, 0.1) is 0 Å². The van der Waals surface area contributed by atoms with Gasteiger partial charge in [-0.25, -0.2) is 0 Å². The Bertz CT molecular complexity index is 407. The zero-order valence-corrected chi connectivity index (χ0v) is 11.6. The number of rotatable bonds is 5. The first-order valence-electron chi connectivity index (χ1n) is 6.36. The molecule has 100 valence electrons. The number of fused-ring (bicyclic) bond motifs is 1. The Morgan fingerprint density at radius 2 is 2.00 bits per heavy atom. The summed E-state index contributed by atoms with van der Waals surface area (Å²) in [5.41, 5.74) is 3.57. The van der Waals surface area contributed by atoms with Crippen molar-refractivity contribution >= 4 is 18.3 Å². The third-order valence-corrected chi connectivity index (χ3v) is 3.25. The van der Waals surface area contributed by atoms with Crippen LogP contribution in [0, 0.1) is 0 Å². The van der Waals surface area contributed by atoms with Gasteiger partial charge in [0, 0.05) is 12.1 Å². The molecule has 0 spiro atoms. The summed E-state index contributed by atoms with van der Waals surface area (Å²) in [4.78, 5) is 11.9. The maximum Gasteiger partial charge on any atom is 0.251 e. The number of carbonyl (C=O) groups is 1. The van der Waals surface area contributed by atoms with Crippen molar-refractivity contribution in [3.05, 3.63) is 34.9 Å². The highest BCUT2D eigenvalue weighted by molar-refractivity contribution is 5.94. The van der Waals surface area contributed by atoms with Crippen LogP contribution in [0.3, 0.4) is 0 Å². The highest BCUT2D eigenvalue weighted by Crippen LogP contribution is 2.22. The van der Waals surface area contributed by atoms with Gasteiger partial charge in [0.25, 0.3) is 5.91 Å². The van der Waals surface area contributed by atoms with Gasteiger partial charge in [-0.2, -0.15) is 0 Å². The topological polar surface area (TPSA) is 41.1 Å². The molecule has 0 saturated heterocycles. The van der Waals surface area contributed by atoms with Crippen molar-refractivity contribution in [2.45, 2.75) is 25.7 Å². The van der Waals surface area contributed by atoms with E-state index in [1.807, 2.05) is 13.1 Å². The molecule has 0 radical (unpaired) electrons. The van der Waals surface area contributed by atoms with E-state index < -0.39 is 0 Å². The summed E-state index contributed by atoms with van der Waals surface area (Å²) in [6.45, 7) is 1.67. The van der Waals surface area contributed by atoms with E-state index in [0.29, 0.717) is 0 Å². The summed E-state index contributed by atoms with van der Waals surface area (Å²) in [6.07, 6.45) is 4.48. The van der Waals surface area contributed by atoms with Crippen molar-refractivity contribution in [1.82, 2.24) is 10.6 Å². The number of aryl methyl sites for hydroxylation is 2. The van der Waals surface area contributed by atoms with E-state index in [4.69, 9.17) is 0 Å². The van der Waals surface area contributed by atoms with Crippen LogP contribution in [-0.2, 0) is 12.8 Å². The van der Waals surface area contributed by atoms with Gasteiger partial charge in [-0.3, -0.25) is 4.79 Å². The Morgan fingerprint density at radius 3 is 2.78 bits per heavy atom. The largest absolute Gasteiger partial charge is 0.352 e. The summed E-state index contributed by atoms with van der Waals surface area (Å²) in [6, 6.07) is 6.10. The fourth-order valence-electron chi connectivity index (χ4n) is 2.28. The minimum Gasteiger partial charge on any atom is -0.352 e. The molecule has 18 heavy (non-hydrogen) atoms. The Balaban J connectivity index is 0.00000162. The summed E-state index contributed by atoms with van der Waals surface area (Å²) >= 11 is 0. The molecule has 1 amide bonds. The van der Waals surface area contributed by atoms with Crippen molar-refractivity contribution in [3.63, 3.8) is 0 Å². The van der Waals surface area contributed by atoms with Crippen molar-refractivity contribution in [1.29, 1.82) is 0 Å². The van der Waals surface area contributed by atoms with Gasteiger partial charge in [-0.15, -0.1) is 12.4 Å². The van der Waals surface area contributed by atoms with Crippen LogP contribution >= 0.6 is 12.4 Å². The zero-order valence-electron chi connectivity index (χ0n) is 10.8. The Labute approximate surface area is 115 Å².